The second kappa shape index (κ2) is 7.09. The van der Waals surface area contributed by atoms with Crippen molar-refractivity contribution in [3.8, 4) is 11.4 Å². The van der Waals surface area contributed by atoms with E-state index in [4.69, 9.17) is 4.74 Å². The van der Waals surface area contributed by atoms with E-state index in [1.807, 2.05) is 31.2 Å². The van der Waals surface area contributed by atoms with E-state index in [0.29, 0.717) is 5.69 Å². The molecule has 2 fully saturated rings. The summed E-state index contributed by atoms with van der Waals surface area (Å²) in [5.41, 5.74) is 1.95. The van der Waals surface area contributed by atoms with Crippen LogP contribution in [-0.4, -0.2) is 34.6 Å². The van der Waals surface area contributed by atoms with Gasteiger partial charge in [0.1, 0.15) is 5.75 Å². The topological polar surface area (TPSA) is 69.0 Å². The maximum absolute atomic E-state index is 12.5. The smallest absolute Gasteiger partial charge is 0.273 e. The minimum atomic E-state index is -0.139. The van der Waals surface area contributed by atoms with Crippen LogP contribution in [0.2, 0.25) is 0 Å². The van der Waals surface area contributed by atoms with Gasteiger partial charge in [0.15, 0.2) is 5.69 Å². The Hall–Kier alpha value is -2.37. The van der Waals surface area contributed by atoms with Crippen molar-refractivity contribution in [2.75, 3.05) is 13.7 Å². The van der Waals surface area contributed by atoms with Gasteiger partial charge in [-0.1, -0.05) is 17.7 Å². The highest BCUT2D eigenvalue weighted by Gasteiger charge is 2.38. The van der Waals surface area contributed by atoms with E-state index in [-0.39, 0.29) is 5.91 Å². The van der Waals surface area contributed by atoms with E-state index >= 15 is 0 Å². The van der Waals surface area contributed by atoms with E-state index in [1.165, 1.54) is 25.7 Å². The molecular weight excluding hydrogens is 328 g/mol. The van der Waals surface area contributed by atoms with Gasteiger partial charge in [0.25, 0.3) is 5.91 Å². The molecule has 3 atom stereocenters. The lowest BCUT2D eigenvalue weighted by Gasteiger charge is -2.21. The summed E-state index contributed by atoms with van der Waals surface area (Å²) in [5.74, 6) is 3.25. The quantitative estimate of drug-likeness (QED) is 0.865. The fourth-order valence-corrected chi connectivity index (χ4v) is 4.71. The van der Waals surface area contributed by atoms with Crippen molar-refractivity contribution >= 4 is 5.91 Å². The molecule has 0 spiro atoms. The minimum absolute atomic E-state index is 0.139. The predicted octanol–water partition coefficient (Wildman–Crippen LogP) is 3.14. The number of amides is 1. The largest absolute Gasteiger partial charge is 0.497 e. The fourth-order valence-electron chi connectivity index (χ4n) is 4.71. The van der Waals surface area contributed by atoms with Gasteiger partial charge in [0.05, 0.1) is 18.5 Å². The number of rotatable bonds is 6. The third kappa shape index (κ3) is 3.20. The van der Waals surface area contributed by atoms with E-state index in [1.54, 1.807) is 11.8 Å². The first-order chi connectivity index (χ1) is 12.7. The Balaban J connectivity index is 1.38. The Morgan fingerprint density at radius 3 is 2.96 bits per heavy atom. The van der Waals surface area contributed by atoms with Gasteiger partial charge in [0.2, 0.25) is 0 Å². The Morgan fingerprint density at radius 2 is 2.23 bits per heavy atom. The number of aromatic nitrogens is 3. The number of carbonyl (C=O) groups excluding carboxylic acids is 1. The van der Waals surface area contributed by atoms with Crippen molar-refractivity contribution in [2.24, 2.45) is 17.8 Å². The molecule has 26 heavy (non-hydrogen) atoms. The Bertz CT molecular complexity index is 801. The molecular formula is C20H26N4O2. The zero-order valence-corrected chi connectivity index (χ0v) is 15.4. The van der Waals surface area contributed by atoms with Crippen molar-refractivity contribution in [1.82, 2.24) is 20.3 Å². The molecule has 0 radical (unpaired) electrons. The molecule has 4 rings (SSSR count). The third-order valence-electron chi connectivity index (χ3n) is 6.09. The molecule has 1 amide bonds. The van der Waals surface area contributed by atoms with E-state index in [2.05, 4.69) is 15.6 Å². The highest BCUT2D eigenvalue weighted by molar-refractivity contribution is 5.93. The van der Waals surface area contributed by atoms with Gasteiger partial charge in [-0.25, -0.2) is 4.68 Å². The van der Waals surface area contributed by atoms with Crippen LogP contribution < -0.4 is 10.1 Å². The Labute approximate surface area is 153 Å². The highest BCUT2D eigenvalue weighted by Crippen LogP contribution is 2.49. The van der Waals surface area contributed by atoms with Crippen molar-refractivity contribution in [2.45, 2.75) is 39.0 Å². The van der Waals surface area contributed by atoms with Gasteiger partial charge >= 0.3 is 0 Å². The molecule has 1 heterocycles. The summed E-state index contributed by atoms with van der Waals surface area (Å²) in [6.07, 6.45) is 6.64. The summed E-state index contributed by atoms with van der Waals surface area (Å²) in [6.45, 7) is 2.59. The van der Waals surface area contributed by atoms with Crippen molar-refractivity contribution in [1.29, 1.82) is 0 Å². The van der Waals surface area contributed by atoms with Crippen molar-refractivity contribution in [3.63, 3.8) is 0 Å². The Kier molecular flexibility index (Phi) is 4.66. The molecule has 6 nitrogen and oxygen atoms in total. The number of hydrogen-bond donors (Lipinski definition) is 1. The molecule has 0 aliphatic heterocycles. The van der Waals surface area contributed by atoms with Crippen LogP contribution in [0, 0.1) is 24.7 Å². The summed E-state index contributed by atoms with van der Waals surface area (Å²) in [7, 11) is 1.63. The molecule has 2 bridgehead atoms. The Morgan fingerprint density at radius 1 is 1.35 bits per heavy atom. The number of nitrogens with one attached hydrogen (secondary N) is 1. The monoisotopic (exact) mass is 354 g/mol. The number of benzene rings is 1. The molecule has 0 saturated heterocycles. The molecule has 3 unspecified atom stereocenters. The number of nitrogens with zero attached hydrogens (tertiary/aromatic N) is 3. The highest BCUT2D eigenvalue weighted by atomic mass is 16.5. The van der Waals surface area contributed by atoms with Gasteiger partial charge < -0.3 is 10.1 Å². The van der Waals surface area contributed by atoms with Crippen LogP contribution in [-0.2, 0) is 0 Å². The summed E-state index contributed by atoms with van der Waals surface area (Å²) in [5, 5.41) is 11.3. The molecule has 2 aliphatic rings. The molecule has 1 N–H and O–H groups in total. The van der Waals surface area contributed by atoms with Crippen molar-refractivity contribution in [3.05, 3.63) is 35.7 Å². The fraction of sp³-hybridized carbons (Fsp3) is 0.550. The summed E-state index contributed by atoms with van der Waals surface area (Å²) < 4.78 is 6.93. The maximum atomic E-state index is 12.5. The number of carbonyl (C=O) groups is 1. The first-order valence-electron chi connectivity index (χ1n) is 9.50. The summed E-state index contributed by atoms with van der Waals surface area (Å²) in [4.78, 5) is 12.5. The number of methoxy groups -OCH3 is 1. The standard InChI is InChI=1S/C20H26N4O2/c1-13-19(22-23-24(13)17-4-3-5-18(12-17)26-2)20(25)21-9-8-16-11-14-6-7-15(16)10-14/h3-5,12,14-16H,6-11H2,1-2H3,(H,21,25). The van der Waals surface area contributed by atoms with Crippen molar-refractivity contribution < 1.29 is 9.53 Å². The number of fused-ring (bicyclic) bond motifs is 2. The third-order valence-corrected chi connectivity index (χ3v) is 6.09. The van der Waals surface area contributed by atoms with Gasteiger partial charge in [-0.2, -0.15) is 0 Å². The van der Waals surface area contributed by atoms with Gasteiger partial charge in [-0.3, -0.25) is 4.79 Å². The summed E-state index contributed by atoms with van der Waals surface area (Å²) in [6, 6.07) is 7.56. The van der Waals surface area contributed by atoms with Gasteiger partial charge in [0, 0.05) is 12.6 Å². The first-order valence-corrected chi connectivity index (χ1v) is 9.50. The lowest BCUT2D eigenvalue weighted by atomic mass is 9.86. The molecule has 2 aliphatic carbocycles. The van der Waals surface area contributed by atoms with Crippen LogP contribution in [0.4, 0.5) is 0 Å². The SMILES string of the molecule is COc1cccc(-n2nnc(C(=O)NCCC3CC4CCC3C4)c2C)c1. The normalized spacial score (nSPS) is 24.0. The second-order valence-corrected chi connectivity index (χ2v) is 7.62. The molecule has 2 aromatic rings. The molecule has 138 valence electrons. The molecule has 2 saturated carbocycles. The lowest BCUT2D eigenvalue weighted by Crippen LogP contribution is -2.28. The van der Waals surface area contributed by atoms with Crippen LogP contribution >= 0.6 is 0 Å². The first kappa shape index (κ1) is 17.1. The van der Waals surface area contributed by atoms with Crippen LogP contribution in [0.25, 0.3) is 5.69 Å². The van der Waals surface area contributed by atoms with Crippen LogP contribution in [0.3, 0.4) is 0 Å². The molecule has 6 heteroatoms. The van der Waals surface area contributed by atoms with E-state index in [9.17, 15) is 4.79 Å². The van der Waals surface area contributed by atoms with Gasteiger partial charge in [-0.05, 0) is 62.5 Å². The van der Waals surface area contributed by atoms with E-state index in [0.717, 1.165) is 47.9 Å². The summed E-state index contributed by atoms with van der Waals surface area (Å²) >= 11 is 0. The molecule has 1 aromatic carbocycles. The average molecular weight is 354 g/mol. The van der Waals surface area contributed by atoms with Crippen LogP contribution in [0.15, 0.2) is 24.3 Å². The number of hydrogen-bond acceptors (Lipinski definition) is 4. The lowest BCUT2D eigenvalue weighted by molar-refractivity contribution is 0.0944. The number of ether oxygens (including phenoxy) is 1. The second-order valence-electron chi connectivity index (χ2n) is 7.62. The maximum Gasteiger partial charge on any atom is 0.273 e. The minimum Gasteiger partial charge on any atom is -0.497 e. The van der Waals surface area contributed by atoms with Gasteiger partial charge in [-0.15, -0.1) is 5.10 Å². The zero-order valence-electron chi connectivity index (χ0n) is 15.4. The zero-order chi connectivity index (χ0) is 18.1. The van der Waals surface area contributed by atoms with Crippen LogP contribution in [0.5, 0.6) is 5.75 Å². The van der Waals surface area contributed by atoms with E-state index < -0.39 is 0 Å². The average Bonchev–Trinajstić information content (AvgIpc) is 3.37. The predicted molar refractivity (Wildman–Crippen MR) is 98.5 cm³/mol. The van der Waals surface area contributed by atoms with Crippen LogP contribution in [0.1, 0.15) is 48.3 Å². The molecule has 1 aromatic heterocycles.